The molecule has 5 heteroatoms. The predicted octanol–water partition coefficient (Wildman–Crippen LogP) is 0.568. The van der Waals surface area contributed by atoms with Crippen LogP contribution < -0.4 is 9.47 Å². The third-order valence-electron chi connectivity index (χ3n) is 3.92. The number of aliphatic hydroxyl groups is 1. The zero-order valence-corrected chi connectivity index (χ0v) is 11.8. The molecule has 5 nitrogen and oxygen atoms in total. The average molecular weight is 278 g/mol. The maximum atomic E-state index is 8.97. The van der Waals surface area contributed by atoms with Crippen LogP contribution in [-0.2, 0) is 6.54 Å². The van der Waals surface area contributed by atoms with E-state index in [1.807, 2.05) is 12.1 Å². The second kappa shape index (κ2) is 6.43. The van der Waals surface area contributed by atoms with E-state index < -0.39 is 0 Å². The van der Waals surface area contributed by atoms with Gasteiger partial charge in [-0.3, -0.25) is 9.80 Å². The first-order valence-corrected chi connectivity index (χ1v) is 7.30. The van der Waals surface area contributed by atoms with Crippen molar-refractivity contribution < 1.29 is 14.6 Å². The lowest BCUT2D eigenvalue weighted by Crippen LogP contribution is -2.46. The van der Waals surface area contributed by atoms with Crippen molar-refractivity contribution in [3.63, 3.8) is 0 Å². The Balaban J connectivity index is 1.61. The standard InChI is InChI=1S/C15H22N2O3/c18-9-8-16-4-6-17(7-5-16)12-13-2-1-3-14-15(13)20-11-10-19-14/h1-3,18H,4-12H2. The molecule has 2 aliphatic heterocycles. The van der Waals surface area contributed by atoms with Gasteiger partial charge in [0.15, 0.2) is 11.5 Å². The number of para-hydroxylation sites is 1. The molecule has 20 heavy (non-hydrogen) atoms. The fourth-order valence-electron chi connectivity index (χ4n) is 2.81. The highest BCUT2D eigenvalue weighted by atomic mass is 16.6. The van der Waals surface area contributed by atoms with E-state index in [9.17, 15) is 0 Å². The van der Waals surface area contributed by atoms with Crippen LogP contribution in [0.15, 0.2) is 18.2 Å². The Morgan fingerprint density at radius 3 is 2.55 bits per heavy atom. The van der Waals surface area contributed by atoms with E-state index in [1.165, 1.54) is 5.56 Å². The third-order valence-corrected chi connectivity index (χ3v) is 3.92. The van der Waals surface area contributed by atoms with Crippen LogP contribution in [-0.4, -0.2) is 67.5 Å². The summed E-state index contributed by atoms with van der Waals surface area (Å²) in [5, 5.41) is 8.97. The van der Waals surface area contributed by atoms with Crippen molar-refractivity contribution in [2.24, 2.45) is 0 Å². The van der Waals surface area contributed by atoms with Crippen LogP contribution in [0, 0.1) is 0 Å². The van der Waals surface area contributed by atoms with Crippen LogP contribution in [0.4, 0.5) is 0 Å². The molecule has 1 aromatic carbocycles. The Morgan fingerprint density at radius 2 is 1.75 bits per heavy atom. The van der Waals surface area contributed by atoms with E-state index in [-0.39, 0.29) is 6.61 Å². The minimum absolute atomic E-state index is 0.247. The number of piperazine rings is 1. The molecule has 2 heterocycles. The lowest BCUT2D eigenvalue weighted by atomic mass is 10.1. The van der Waals surface area contributed by atoms with Gasteiger partial charge in [-0.15, -0.1) is 0 Å². The van der Waals surface area contributed by atoms with Crippen molar-refractivity contribution in [3.05, 3.63) is 23.8 Å². The highest BCUT2D eigenvalue weighted by Gasteiger charge is 2.20. The fourth-order valence-corrected chi connectivity index (χ4v) is 2.81. The molecule has 0 spiro atoms. The van der Waals surface area contributed by atoms with Gasteiger partial charge in [0, 0.05) is 44.8 Å². The van der Waals surface area contributed by atoms with Crippen molar-refractivity contribution in [2.45, 2.75) is 6.54 Å². The molecule has 0 amide bonds. The molecule has 0 aliphatic carbocycles. The Hall–Kier alpha value is -1.30. The molecule has 1 aromatic rings. The highest BCUT2D eigenvalue weighted by Crippen LogP contribution is 2.34. The Bertz CT molecular complexity index is 445. The number of fused-ring (bicyclic) bond motifs is 1. The molecule has 1 fully saturated rings. The summed E-state index contributed by atoms with van der Waals surface area (Å²) in [6, 6.07) is 6.12. The van der Waals surface area contributed by atoms with Gasteiger partial charge in [0.2, 0.25) is 0 Å². The first kappa shape index (κ1) is 13.7. The molecular weight excluding hydrogens is 256 g/mol. The van der Waals surface area contributed by atoms with E-state index in [4.69, 9.17) is 14.6 Å². The second-order valence-electron chi connectivity index (χ2n) is 5.28. The zero-order valence-electron chi connectivity index (χ0n) is 11.8. The van der Waals surface area contributed by atoms with Crippen molar-refractivity contribution in [1.82, 2.24) is 9.80 Å². The fraction of sp³-hybridized carbons (Fsp3) is 0.600. The van der Waals surface area contributed by atoms with E-state index >= 15 is 0 Å². The normalized spacial score (nSPS) is 20.1. The second-order valence-corrected chi connectivity index (χ2v) is 5.28. The minimum atomic E-state index is 0.247. The van der Waals surface area contributed by atoms with Gasteiger partial charge in [-0.2, -0.15) is 0 Å². The summed E-state index contributed by atoms with van der Waals surface area (Å²) in [7, 11) is 0. The van der Waals surface area contributed by atoms with Crippen LogP contribution in [0.25, 0.3) is 0 Å². The van der Waals surface area contributed by atoms with Gasteiger partial charge in [-0.05, 0) is 6.07 Å². The van der Waals surface area contributed by atoms with Gasteiger partial charge in [-0.25, -0.2) is 0 Å². The summed E-state index contributed by atoms with van der Waals surface area (Å²) in [4.78, 5) is 4.73. The zero-order chi connectivity index (χ0) is 13.8. The number of nitrogens with zero attached hydrogens (tertiary/aromatic N) is 2. The number of hydrogen-bond acceptors (Lipinski definition) is 5. The monoisotopic (exact) mass is 278 g/mol. The molecule has 0 radical (unpaired) electrons. The summed E-state index contributed by atoms with van der Waals surface area (Å²) >= 11 is 0. The number of aliphatic hydroxyl groups excluding tert-OH is 1. The lowest BCUT2D eigenvalue weighted by Gasteiger charge is -2.34. The maximum Gasteiger partial charge on any atom is 0.165 e. The van der Waals surface area contributed by atoms with E-state index in [0.717, 1.165) is 50.8 Å². The smallest absolute Gasteiger partial charge is 0.165 e. The topological polar surface area (TPSA) is 45.2 Å². The molecule has 0 saturated carbocycles. The van der Waals surface area contributed by atoms with Crippen LogP contribution >= 0.6 is 0 Å². The SMILES string of the molecule is OCCN1CCN(Cc2cccc3c2OCCO3)CC1. The summed E-state index contributed by atoms with van der Waals surface area (Å²) in [6.45, 7) is 7.31. The quantitative estimate of drug-likeness (QED) is 0.872. The number of benzene rings is 1. The predicted molar refractivity (Wildman–Crippen MR) is 76.2 cm³/mol. The number of rotatable bonds is 4. The van der Waals surface area contributed by atoms with Crippen LogP contribution in [0.1, 0.15) is 5.56 Å². The first-order chi connectivity index (χ1) is 9.86. The third kappa shape index (κ3) is 3.06. The van der Waals surface area contributed by atoms with E-state index in [2.05, 4.69) is 15.9 Å². The van der Waals surface area contributed by atoms with Gasteiger partial charge in [0.1, 0.15) is 13.2 Å². The van der Waals surface area contributed by atoms with Crippen molar-refractivity contribution >= 4 is 0 Å². The van der Waals surface area contributed by atoms with Crippen LogP contribution in [0.2, 0.25) is 0 Å². The lowest BCUT2D eigenvalue weighted by molar-refractivity contribution is 0.106. The van der Waals surface area contributed by atoms with E-state index in [0.29, 0.717) is 13.2 Å². The molecule has 1 saturated heterocycles. The molecule has 110 valence electrons. The molecule has 0 atom stereocenters. The molecule has 0 unspecified atom stereocenters. The summed E-state index contributed by atoms with van der Waals surface area (Å²) < 4.78 is 11.4. The van der Waals surface area contributed by atoms with Gasteiger partial charge < -0.3 is 14.6 Å². The minimum Gasteiger partial charge on any atom is -0.486 e. The Morgan fingerprint density at radius 1 is 1.00 bits per heavy atom. The van der Waals surface area contributed by atoms with Crippen LogP contribution in [0.5, 0.6) is 11.5 Å². The van der Waals surface area contributed by atoms with Gasteiger partial charge >= 0.3 is 0 Å². The average Bonchev–Trinajstić information content (AvgIpc) is 2.50. The highest BCUT2D eigenvalue weighted by molar-refractivity contribution is 5.47. The molecule has 1 N–H and O–H groups in total. The number of ether oxygens (including phenoxy) is 2. The van der Waals surface area contributed by atoms with Crippen molar-refractivity contribution in [2.75, 3.05) is 52.5 Å². The van der Waals surface area contributed by atoms with Crippen molar-refractivity contribution in [3.8, 4) is 11.5 Å². The summed E-state index contributed by atoms with van der Waals surface area (Å²) in [5.41, 5.74) is 1.21. The molecular formula is C15H22N2O3. The van der Waals surface area contributed by atoms with Gasteiger partial charge in [0.05, 0.1) is 6.61 Å². The molecule has 3 rings (SSSR count). The van der Waals surface area contributed by atoms with E-state index in [1.54, 1.807) is 0 Å². The summed E-state index contributed by atoms with van der Waals surface area (Å²) in [5.74, 6) is 1.78. The molecule has 0 bridgehead atoms. The van der Waals surface area contributed by atoms with Crippen LogP contribution in [0.3, 0.4) is 0 Å². The first-order valence-electron chi connectivity index (χ1n) is 7.30. The summed E-state index contributed by atoms with van der Waals surface area (Å²) in [6.07, 6.45) is 0. The maximum absolute atomic E-state index is 8.97. The van der Waals surface area contributed by atoms with Gasteiger partial charge in [-0.1, -0.05) is 12.1 Å². The Labute approximate surface area is 119 Å². The Kier molecular flexibility index (Phi) is 4.40. The van der Waals surface area contributed by atoms with Gasteiger partial charge in [0.25, 0.3) is 0 Å². The molecule has 2 aliphatic rings. The van der Waals surface area contributed by atoms with Crippen molar-refractivity contribution in [1.29, 1.82) is 0 Å². The number of β-amino-alcohol motifs (C(OH)–C–C–N with tert-alkyl or cyclic N) is 1. The molecule has 0 aromatic heterocycles. The number of hydrogen-bond donors (Lipinski definition) is 1. The largest absolute Gasteiger partial charge is 0.486 e.